The van der Waals surface area contributed by atoms with Crippen molar-refractivity contribution >= 4 is 5.69 Å². The maximum atomic E-state index is 10.8. The van der Waals surface area contributed by atoms with Crippen LogP contribution in [0.5, 0.6) is 5.75 Å². The summed E-state index contributed by atoms with van der Waals surface area (Å²) in [4.78, 5) is 12.4. The van der Waals surface area contributed by atoms with E-state index >= 15 is 0 Å². The Hall–Kier alpha value is -1.66. The number of ether oxygens (including phenoxy) is 1. The zero-order valence-electron chi connectivity index (χ0n) is 10.3. The van der Waals surface area contributed by atoms with Crippen molar-refractivity contribution in [3.05, 3.63) is 33.4 Å². The van der Waals surface area contributed by atoms with Crippen LogP contribution in [0.4, 0.5) is 5.69 Å². The molecule has 0 bridgehead atoms. The zero-order valence-corrected chi connectivity index (χ0v) is 10.3. The van der Waals surface area contributed by atoms with E-state index in [1.807, 2.05) is 0 Å². The summed E-state index contributed by atoms with van der Waals surface area (Å²) in [6.45, 7) is 5.18. The van der Waals surface area contributed by atoms with Crippen molar-refractivity contribution in [1.82, 2.24) is 4.90 Å². The summed E-state index contributed by atoms with van der Waals surface area (Å²) in [6.07, 6.45) is 0. The number of phenolic OH excluding ortho intramolecular Hbond substituents is 1. The number of aromatic hydroxyl groups is 1. The molecule has 0 atom stereocenters. The lowest BCUT2D eigenvalue weighted by molar-refractivity contribution is -0.386. The first kappa shape index (κ1) is 12.8. The van der Waals surface area contributed by atoms with Gasteiger partial charge in [0.2, 0.25) is 0 Å². The number of hydrogen-bond acceptors (Lipinski definition) is 5. The van der Waals surface area contributed by atoms with Crippen molar-refractivity contribution in [1.29, 1.82) is 0 Å². The van der Waals surface area contributed by atoms with Crippen LogP contribution in [0.25, 0.3) is 0 Å². The second-order valence-electron chi connectivity index (χ2n) is 4.44. The van der Waals surface area contributed by atoms with Gasteiger partial charge in [0.1, 0.15) is 0 Å². The Morgan fingerprint density at radius 1 is 1.44 bits per heavy atom. The summed E-state index contributed by atoms with van der Waals surface area (Å²) >= 11 is 0. The van der Waals surface area contributed by atoms with Crippen molar-refractivity contribution in [3.63, 3.8) is 0 Å². The van der Waals surface area contributed by atoms with Crippen molar-refractivity contribution in [3.8, 4) is 5.75 Å². The molecule has 0 aliphatic carbocycles. The SMILES string of the molecule is Cc1cc(CN2CCOCC2)c(O)c([N+](=O)[O-])c1. The molecule has 1 N–H and O–H groups in total. The number of morpholine rings is 1. The average molecular weight is 252 g/mol. The standard InChI is InChI=1S/C12H16N2O4/c1-9-6-10(8-13-2-4-18-5-3-13)12(15)11(7-9)14(16)17/h6-7,15H,2-5,8H2,1H3. The molecule has 2 rings (SSSR count). The second kappa shape index (κ2) is 5.32. The van der Waals surface area contributed by atoms with E-state index in [4.69, 9.17) is 4.74 Å². The molecule has 0 amide bonds. The summed E-state index contributed by atoms with van der Waals surface area (Å²) in [5.74, 6) is -0.225. The molecule has 98 valence electrons. The Kier molecular flexibility index (Phi) is 3.78. The van der Waals surface area contributed by atoms with E-state index in [9.17, 15) is 15.2 Å². The molecule has 0 unspecified atom stereocenters. The first-order valence-corrected chi connectivity index (χ1v) is 5.85. The topological polar surface area (TPSA) is 75.8 Å². The van der Waals surface area contributed by atoms with Crippen LogP contribution >= 0.6 is 0 Å². The molecule has 0 spiro atoms. The van der Waals surface area contributed by atoms with E-state index in [1.54, 1.807) is 13.0 Å². The summed E-state index contributed by atoms with van der Waals surface area (Å²) in [5.41, 5.74) is 1.16. The van der Waals surface area contributed by atoms with Gasteiger partial charge in [-0.15, -0.1) is 0 Å². The van der Waals surface area contributed by atoms with Crippen molar-refractivity contribution in [2.24, 2.45) is 0 Å². The van der Waals surface area contributed by atoms with Crippen LogP contribution in [0, 0.1) is 17.0 Å². The molecule has 1 heterocycles. The highest BCUT2D eigenvalue weighted by molar-refractivity contribution is 5.53. The van der Waals surface area contributed by atoms with Crippen LogP contribution in [0.1, 0.15) is 11.1 Å². The monoisotopic (exact) mass is 252 g/mol. The van der Waals surface area contributed by atoms with Crippen molar-refractivity contribution in [2.45, 2.75) is 13.5 Å². The molecule has 1 fully saturated rings. The summed E-state index contributed by atoms with van der Waals surface area (Å²) in [6, 6.07) is 3.18. The van der Waals surface area contributed by atoms with Gasteiger partial charge in [0, 0.05) is 31.3 Å². The Balaban J connectivity index is 2.23. The Labute approximate surface area is 105 Å². The number of nitro benzene ring substituents is 1. The highest BCUT2D eigenvalue weighted by Gasteiger charge is 2.20. The fourth-order valence-corrected chi connectivity index (χ4v) is 2.09. The Bertz CT molecular complexity index is 456. The highest BCUT2D eigenvalue weighted by Crippen LogP contribution is 2.32. The molecule has 1 aromatic rings. The Morgan fingerprint density at radius 2 is 2.11 bits per heavy atom. The van der Waals surface area contributed by atoms with Crippen LogP contribution in [0.2, 0.25) is 0 Å². The number of hydrogen-bond donors (Lipinski definition) is 1. The maximum Gasteiger partial charge on any atom is 0.311 e. The van der Waals surface area contributed by atoms with Gasteiger partial charge in [-0.3, -0.25) is 15.0 Å². The normalized spacial score (nSPS) is 16.7. The first-order valence-electron chi connectivity index (χ1n) is 5.85. The van der Waals surface area contributed by atoms with Gasteiger partial charge in [-0.05, 0) is 12.5 Å². The molecule has 0 aromatic heterocycles. The lowest BCUT2D eigenvalue weighted by Gasteiger charge is -2.26. The lowest BCUT2D eigenvalue weighted by Crippen LogP contribution is -2.35. The van der Waals surface area contributed by atoms with Gasteiger partial charge in [-0.2, -0.15) is 0 Å². The molecule has 18 heavy (non-hydrogen) atoms. The predicted octanol–water partition coefficient (Wildman–Crippen LogP) is 1.44. The van der Waals surface area contributed by atoms with E-state index in [-0.39, 0.29) is 11.4 Å². The summed E-state index contributed by atoms with van der Waals surface area (Å²) in [5, 5.41) is 20.7. The molecule has 1 aliphatic heterocycles. The number of nitrogens with zero attached hydrogens (tertiary/aromatic N) is 2. The van der Waals surface area contributed by atoms with E-state index in [2.05, 4.69) is 4.90 Å². The minimum Gasteiger partial charge on any atom is -0.502 e. The molecule has 6 heteroatoms. The predicted molar refractivity (Wildman–Crippen MR) is 65.6 cm³/mol. The van der Waals surface area contributed by atoms with Gasteiger partial charge in [-0.1, -0.05) is 6.07 Å². The minimum absolute atomic E-state index is 0.224. The smallest absolute Gasteiger partial charge is 0.311 e. The summed E-state index contributed by atoms with van der Waals surface area (Å²) in [7, 11) is 0. The maximum absolute atomic E-state index is 10.8. The van der Waals surface area contributed by atoms with Crippen molar-refractivity contribution < 1.29 is 14.8 Å². The number of aryl methyl sites for hydroxylation is 1. The quantitative estimate of drug-likeness (QED) is 0.650. The van der Waals surface area contributed by atoms with Crippen LogP contribution < -0.4 is 0 Å². The van der Waals surface area contributed by atoms with Gasteiger partial charge >= 0.3 is 5.69 Å². The molecule has 6 nitrogen and oxygen atoms in total. The van der Waals surface area contributed by atoms with Crippen molar-refractivity contribution in [2.75, 3.05) is 26.3 Å². The number of phenols is 1. The molecule has 1 saturated heterocycles. The van der Waals surface area contributed by atoms with Crippen LogP contribution in [0.15, 0.2) is 12.1 Å². The molecular formula is C12H16N2O4. The summed E-state index contributed by atoms with van der Waals surface area (Å²) < 4.78 is 5.24. The lowest BCUT2D eigenvalue weighted by atomic mass is 10.1. The zero-order chi connectivity index (χ0) is 13.1. The third-order valence-electron chi connectivity index (χ3n) is 3.01. The number of benzene rings is 1. The fraction of sp³-hybridized carbons (Fsp3) is 0.500. The van der Waals surface area contributed by atoms with Gasteiger partial charge in [-0.25, -0.2) is 0 Å². The van der Waals surface area contributed by atoms with E-state index < -0.39 is 4.92 Å². The fourth-order valence-electron chi connectivity index (χ4n) is 2.09. The van der Waals surface area contributed by atoms with E-state index in [1.165, 1.54) is 6.07 Å². The van der Waals surface area contributed by atoms with Gasteiger partial charge < -0.3 is 9.84 Å². The van der Waals surface area contributed by atoms with Crippen LogP contribution in [0.3, 0.4) is 0 Å². The van der Waals surface area contributed by atoms with Gasteiger partial charge in [0.25, 0.3) is 0 Å². The Morgan fingerprint density at radius 3 is 2.72 bits per heavy atom. The molecule has 0 radical (unpaired) electrons. The number of rotatable bonds is 3. The molecular weight excluding hydrogens is 236 g/mol. The van der Waals surface area contributed by atoms with Gasteiger partial charge in [0.15, 0.2) is 5.75 Å². The first-order chi connectivity index (χ1) is 8.58. The van der Waals surface area contributed by atoms with E-state index in [0.717, 1.165) is 18.7 Å². The largest absolute Gasteiger partial charge is 0.502 e. The second-order valence-corrected chi connectivity index (χ2v) is 4.44. The molecule has 1 aromatic carbocycles. The highest BCUT2D eigenvalue weighted by atomic mass is 16.6. The minimum atomic E-state index is -0.550. The third kappa shape index (κ3) is 2.77. The van der Waals surface area contributed by atoms with Crippen LogP contribution in [-0.2, 0) is 11.3 Å². The van der Waals surface area contributed by atoms with Gasteiger partial charge in [0.05, 0.1) is 18.1 Å². The third-order valence-corrected chi connectivity index (χ3v) is 3.01. The average Bonchev–Trinajstić information content (AvgIpc) is 2.34. The van der Waals surface area contributed by atoms with Crippen LogP contribution in [-0.4, -0.2) is 41.2 Å². The number of nitro groups is 1. The molecule has 0 saturated carbocycles. The molecule has 1 aliphatic rings. The van der Waals surface area contributed by atoms with E-state index in [0.29, 0.717) is 25.3 Å².